The molecule has 2 N–H and O–H groups in total. The van der Waals surface area contributed by atoms with Gasteiger partial charge >= 0.3 is 0 Å². The quantitative estimate of drug-likeness (QED) is 0.808. The summed E-state index contributed by atoms with van der Waals surface area (Å²) in [6, 6.07) is 7.44. The van der Waals surface area contributed by atoms with Crippen molar-refractivity contribution < 1.29 is 0 Å². The Morgan fingerprint density at radius 1 is 1.19 bits per heavy atom. The molecule has 0 bridgehead atoms. The molecule has 0 spiro atoms. The molecule has 0 aliphatic heterocycles. The number of anilines is 3. The van der Waals surface area contributed by atoms with Crippen molar-refractivity contribution in [2.75, 3.05) is 10.6 Å². The number of hydrogen-bond acceptors (Lipinski definition) is 4. The molecule has 0 saturated carbocycles. The van der Waals surface area contributed by atoms with Gasteiger partial charge in [0, 0.05) is 22.8 Å². The van der Waals surface area contributed by atoms with Gasteiger partial charge in [0.05, 0.1) is 10.7 Å². The van der Waals surface area contributed by atoms with Crippen LogP contribution in [0, 0.1) is 6.92 Å². The Kier molecular flexibility index (Phi) is 5.26. The molecule has 21 heavy (non-hydrogen) atoms. The Hall–Kier alpha value is -1.52. The Morgan fingerprint density at radius 3 is 2.67 bits per heavy atom. The van der Waals surface area contributed by atoms with Gasteiger partial charge in [-0.3, -0.25) is 0 Å². The molecule has 0 radical (unpaired) electrons. The van der Waals surface area contributed by atoms with E-state index in [1.54, 1.807) is 18.2 Å². The van der Waals surface area contributed by atoms with E-state index in [-0.39, 0.29) is 0 Å². The van der Waals surface area contributed by atoms with Crippen molar-refractivity contribution in [2.24, 2.45) is 0 Å². The second-order valence-corrected chi connectivity index (χ2v) is 5.76. The summed E-state index contributed by atoms with van der Waals surface area (Å²) in [7, 11) is 0. The number of rotatable bonds is 5. The van der Waals surface area contributed by atoms with Crippen LogP contribution in [-0.4, -0.2) is 16.0 Å². The molecule has 1 aromatic carbocycles. The van der Waals surface area contributed by atoms with E-state index in [9.17, 15) is 0 Å². The van der Waals surface area contributed by atoms with Crippen molar-refractivity contribution in [3.05, 3.63) is 40.0 Å². The molecule has 0 aliphatic carbocycles. The fourth-order valence-electron chi connectivity index (χ4n) is 1.75. The largest absolute Gasteiger partial charge is 0.352 e. The molecule has 1 aromatic heterocycles. The highest BCUT2D eigenvalue weighted by Gasteiger charge is 2.07. The Morgan fingerprint density at radius 2 is 1.95 bits per heavy atom. The lowest BCUT2D eigenvalue weighted by Crippen LogP contribution is -2.16. The molecule has 1 atom stereocenters. The summed E-state index contributed by atoms with van der Waals surface area (Å²) in [4.78, 5) is 8.83. The van der Waals surface area contributed by atoms with Crippen LogP contribution in [0.2, 0.25) is 10.0 Å². The minimum Gasteiger partial charge on any atom is -0.352 e. The smallest absolute Gasteiger partial charge is 0.225 e. The van der Waals surface area contributed by atoms with Gasteiger partial charge in [-0.05, 0) is 38.5 Å². The third-order valence-corrected chi connectivity index (χ3v) is 3.60. The minimum absolute atomic E-state index is 0.314. The molecule has 0 saturated heterocycles. The first-order chi connectivity index (χ1) is 9.97. The summed E-state index contributed by atoms with van der Waals surface area (Å²) >= 11 is 12.1. The lowest BCUT2D eigenvalue weighted by atomic mass is 10.3. The molecule has 1 heterocycles. The van der Waals surface area contributed by atoms with Gasteiger partial charge in [-0.15, -0.1) is 0 Å². The van der Waals surface area contributed by atoms with Crippen LogP contribution in [0.15, 0.2) is 24.3 Å². The van der Waals surface area contributed by atoms with Gasteiger partial charge in [0.15, 0.2) is 0 Å². The number of benzene rings is 1. The van der Waals surface area contributed by atoms with E-state index in [1.807, 2.05) is 13.0 Å². The van der Waals surface area contributed by atoms with Gasteiger partial charge in [-0.2, -0.15) is 4.98 Å². The third-order valence-electron chi connectivity index (χ3n) is 3.03. The molecular formula is C15H18Cl2N4. The standard InChI is InChI=1S/C15H18Cl2N4/c1-4-9(2)18-15-19-10(3)7-14(21-15)20-13-8-11(16)5-6-12(13)17/h5-9H,4H2,1-3H3,(H2,18,19,20,21). The van der Waals surface area contributed by atoms with E-state index < -0.39 is 0 Å². The number of aromatic nitrogens is 2. The monoisotopic (exact) mass is 324 g/mol. The van der Waals surface area contributed by atoms with Crippen LogP contribution < -0.4 is 10.6 Å². The fraction of sp³-hybridized carbons (Fsp3) is 0.333. The number of aryl methyl sites for hydroxylation is 1. The van der Waals surface area contributed by atoms with Crippen LogP contribution in [-0.2, 0) is 0 Å². The highest BCUT2D eigenvalue weighted by atomic mass is 35.5. The highest BCUT2D eigenvalue weighted by molar-refractivity contribution is 6.35. The summed E-state index contributed by atoms with van der Waals surface area (Å²) in [5.74, 6) is 1.28. The molecule has 0 fully saturated rings. The summed E-state index contributed by atoms with van der Waals surface area (Å²) in [6.45, 7) is 6.12. The van der Waals surface area contributed by atoms with Crippen LogP contribution in [0.5, 0.6) is 0 Å². The molecule has 112 valence electrons. The van der Waals surface area contributed by atoms with Gasteiger partial charge < -0.3 is 10.6 Å². The van der Waals surface area contributed by atoms with Crippen LogP contribution in [0.3, 0.4) is 0 Å². The molecule has 0 amide bonds. The third kappa shape index (κ3) is 4.48. The van der Waals surface area contributed by atoms with Crippen molar-refractivity contribution in [3.63, 3.8) is 0 Å². The molecular weight excluding hydrogens is 307 g/mol. The van der Waals surface area contributed by atoms with E-state index in [0.29, 0.717) is 27.9 Å². The van der Waals surface area contributed by atoms with Crippen LogP contribution >= 0.6 is 23.2 Å². The first-order valence-corrected chi connectivity index (χ1v) is 7.58. The van der Waals surface area contributed by atoms with E-state index in [0.717, 1.165) is 17.8 Å². The highest BCUT2D eigenvalue weighted by Crippen LogP contribution is 2.28. The van der Waals surface area contributed by atoms with Gasteiger partial charge in [0.2, 0.25) is 5.95 Å². The summed E-state index contributed by atoms with van der Waals surface area (Å²) in [5.41, 5.74) is 1.59. The summed E-state index contributed by atoms with van der Waals surface area (Å²) in [6.07, 6.45) is 1.00. The Bertz CT molecular complexity index is 631. The van der Waals surface area contributed by atoms with Crippen LogP contribution in [0.25, 0.3) is 0 Å². The maximum Gasteiger partial charge on any atom is 0.225 e. The van der Waals surface area contributed by atoms with Gasteiger partial charge in [-0.25, -0.2) is 4.98 Å². The van der Waals surface area contributed by atoms with E-state index in [4.69, 9.17) is 23.2 Å². The van der Waals surface area contributed by atoms with Crippen molar-refractivity contribution in [3.8, 4) is 0 Å². The Labute approximate surface area is 134 Å². The lowest BCUT2D eigenvalue weighted by Gasteiger charge is -2.14. The van der Waals surface area contributed by atoms with E-state index in [2.05, 4.69) is 34.4 Å². The minimum atomic E-state index is 0.314. The zero-order chi connectivity index (χ0) is 15.4. The predicted molar refractivity (Wildman–Crippen MR) is 89.9 cm³/mol. The number of halogens is 2. The lowest BCUT2D eigenvalue weighted by molar-refractivity contribution is 0.752. The van der Waals surface area contributed by atoms with Gasteiger partial charge in [0.1, 0.15) is 5.82 Å². The molecule has 6 heteroatoms. The van der Waals surface area contributed by atoms with E-state index >= 15 is 0 Å². The maximum atomic E-state index is 6.15. The zero-order valence-electron chi connectivity index (χ0n) is 12.2. The molecule has 2 aromatic rings. The fourth-order valence-corrected chi connectivity index (χ4v) is 2.09. The first kappa shape index (κ1) is 15.9. The number of nitrogens with zero attached hydrogens (tertiary/aromatic N) is 2. The van der Waals surface area contributed by atoms with Crippen LogP contribution in [0.4, 0.5) is 17.5 Å². The van der Waals surface area contributed by atoms with Crippen molar-refractivity contribution >= 4 is 40.7 Å². The Balaban J connectivity index is 2.25. The average molecular weight is 325 g/mol. The van der Waals surface area contributed by atoms with Crippen LogP contribution in [0.1, 0.15) is 26.0 Å². The second kappa shape index (κ2) is 6.96. The van der Waals surface area contributed by atoms with E-state index in [1.165, 1.54) is 0 Å². The SMILES string of the molecule is CCC(C)Nc1nc(C)cc(Nc2cc(Cl)ccc2Cl)n1. The van der Waals surface area contributed by atoms with Gasteiger partial charge in [0.25, 0.3) is 0 Å². The molecule has 4 nitrogen and oxygen atoms in total. The normalized spacial score (nSPS) is 12.0. The summed E-state index contributed by atoms with van der Waals surface area (Å²) < 4.78 is 0. The molecule has 2 rings (SSSR count). The molecule has 0 aliphatic rings. The van der Waals surface area contributed by atoms with Gasteiger partial charge in [-0.1, -0.05) is 30.1 Å². The number of hydrogen-bond donors (Lipinski definition) is 2. The van der Waals surface area contributed by atoms with Crippen molar-refractivity contribution in [2.45, 2.75) is 33.2 Å². The topological polar surface area (TPSA) is 49.8 Å². The van der Waals surface area contributed by atoms with Crippen molar-refractivity contribution in [1.82, 2.24) is 9.97 Å². The zero-order valence-corrected chi connectivity index (χ0v) is 13.8. The molecule has 1 unspecified atom stereocenters. The number of nitrogens with one attached hydrogen (secondary N) is 2. The summed E-state index contributed by atoms with van der Waals surface area (Å²) in [5, 5.41) is 7.65. The second-order valence-electron chi connectivity index (χ2n) is 4.92. The first-order valence-electron chi connectivity index (χ1n) is 6.82. The average Bonchev–Trinajstić information content (AvgIpc) is 2.42. The van der Waals surface area contributed by atoms with Crippen molar-refractivity contribution in [1.29, 1.82) is 0 Å². The maximum absolute atomic E-state index is 6.15. The predicted octanol–water partition coefficient (Wildman–Crippen LogP) is 5.05.